The van der Waals surface area contributed by atoms with E-state index in [1.165, 1.54) is 30.3 Å². The fourth-order valence-electron chi connectivity index (χ4n) is 4.27. The molecule has 43 heavy (non-hydrogen) atoms. The molecule has 14 heteroatoms. The maximum Gasteiger partial charge on any atom is 0.417 e. The number of carbonyl (C=O) groups is 2. The maximum absolute atomic E-state index is 14.0. The number of sulfonamides is 1. The zero-order valence-electron chi connectivity index (χ0n) is 23.3. The van der Waals surface area contributed by atoms with E-state index in [0.29, 0.717) is 21.0 Å². The van der Waals surface area contributed by atoms with Gasteiger partial charge in [-0.2, -0.15) is 13.2 Å². The summed E-state index contributed by atoms with van der Waals surface area (Å²) in [7, 11) is -4.58. The minimum atomic E-state index is -4.90. The summed E-state index contributed by atoms with van der Waals surface area (Å²) in [6, 6.07) is 12.7. The van der Waals surface area contributed by atoms with Gasteiger partial charge >= 0.3 is 6.18 Å². The molecule has 1 atom stereocenters. The number of halogens is 6. The first-order valence-electron chi connectivity index (χ1n) is 13.0. The molecule has 0 heterocycles. The lowest BCUT2D eigenvalue weighted by atomic mass is 10.1. The van der Waals surface area contributed by atoms with Crippen molar-refractivity contribution in [2.75, 3.05) is 10.8 Å². The zero-order chi connectivity index (χ0) is 32.1. The number of hydrogen-bond acceptors (Lipinski definition) is 4. The molecule has 0 saturated heterocycles. The summed E-state index contributed by atoms with van der Waals surface area (Å²) in [5, 5.41) is 2.64. The summed E-state index contributed by atoms with van der Waals surface area (Å²) < 4.78 is 69.5. The SMILES string of the molecule is CC[C@H](C(=O)NC(C)C)N(Cc1ccc(Cl)cc1Cl)C(=O)CN(c1ccc(Cl)c(C(F)(F)F)c1)S(=O)(=O)c1ccccc1. The summed E-state index contributed by atoms with van der Waals surface area (Å²) in [5.41, 5.74) is -1.31. The number of anilines is 1. The molecule has 3 aromatic rings. The Morgan fingerprint density at radius 3 is 2.14 bits per heavy atom. The second kappa shape index (κ2) is 14.2. The predicted molar refractivity (Wildman–Crippen MR) is 162 cm³/mol. The van der Waals surface area contributed by atoms with Crippen LogP contribution in [0.5, 0.6) is 0 Å². The summed E-state index contributed by atoms with van der Waals surface area (Å²) in [5.74, 6) is -1.36. The van der Waals surface area contributed by atoms with E-state index in [4.69, 9.17) is 34.8 Å². The number of nitrogens with one attached hydrogen (secondary N) is 1. The van der Waals surface area contributed by atoms with Crippen LogP contribution in [0, 0.1) is 0 Å². The van der Waals surface area contributed by atoms with Crippen molar-refractivity contribution in [3.05, 3.63) is 92.9 Å². The van der Waals surface area contributed by atoms with Gasteiger partial charge in [0.1, 0.15) is 12.6 Å². The lowest BCUT2D eigenvalue weighted by molar-refractivity contribution is -0.140. The first kappa shape index (κ1) is 34.5. The Labute approximate surface area is 263 Å². The molecular formula is C29H29Cl3F3N3O4S. The van der Waals surface area contributed by atoms with E-state index in [2.05, 4.69) is 5.32 Å². The predicted octanol–water partition coefficient (Wildman–Crippen LogP) is 7.19. The summed E-state index contributed by atoms with van der Waals surface area (Å²) in [6.45, 7) is 3.99. The van der Waals surface area contributed by atoms with Gasteiger partial charge in [-0.25, -0.2) is 8.42 Å². The van der Waals surface area contributed by atoms with Gasteiger partial charge in [-0.15, -0.1) is 0 Å². The van der Waals surface area contributed by atoms with E-state index in [1.54, 1.807) is 39.0 Å². The van der Waals surface area contributed by atoms with E-state index >= 15 is 0 Å². The molecule has 0 aliphatic carbocycles. The molecule has 232 valence electrons. The second-order valence-corrected chi connectivity index (χ2v) is 12.9. The second-order valence-electron chi connectivity index (χ2n) is 9.83. The van der Waals surface area contributed by atoms with Crippen molar-refractivity contribution in [3.8, 4) is 0 Å². The topological polar surface area (TPSA) is 86.8 Å². The molecule has 0 unspecified atom stereocenters. The summed E-state index contributed by atoms with van der Waals surface area (Å²) in [6.07, 6.45) is -4.76. The van der Waals surface area contributed by atoms with Gasteiger partial charge < -0.3 is 10.2 Å². The Morgan fingerprint density at radius 1 is 0.930 bits per heavy atom. The molecule has 0 fully saturated rings. The highest BCUT2D eigenvalue weighted by Crippen LogP contribution is 2.38. The summed E-state index contributed by atoms with van der Waals surface area (Å²) >= 11 is 18.2. The highest BCUT2D eigenvalue weighted by molar-refractivity contribution is 7.92. The normalized spacial score (nSPS) is 12.6. The number of carbonyl (C=O) groups excluding carboxylic acids is 2. The minimum absolute atomic E-state index is 0.139. The molecule has 0 spiro atoms. The van der Waals surface area contributed by atoms with Gasteiger partial charge in [0.05, 0.1) is 21.2 Å². The largest absolute Gasteiger partial charge is 0.417 e. The molecule has 3 rings (SSSR count). The van der Waals surface area contributed by atoms with E-state index in [9.17, 15) is 31.2 Å². The van der Waals surface area contributed by atoms with E-state index in [1.807, 2.05) is 0 Å². The van der Waals surface area contributed by atoms with Crippen LogP contribution in [-0.2, 0) is 32.3 Å². The van der Waals surface area contributed by atoms with Gasteiger partial charge in [-0.1, -0.05) is 66.0 Å². The summed E-state index contributed by atoms with van der Waals surface area (Å²) in [4.78, 5) is 28.1. The van der Waals surface area contributed by atoms with E-state index in [0.717, 1.165) is 17.0 Å². The first-order chi connectivity index (χ1) is 20.1. The van der Waals surface area contributed by atoms with Crippen molar-refractivity contribution in [3.63, 3.8) is 0 Å². The average Bonchev–Trinajstić information content (AvgIpc) is 2.92. The molecule has 0 saturated carbocycles. The molecule has 0 aliphatic rings. The fourth-order valence-corrected chi connectivity index (χ4v) is 6.39. The third kappa shape index (κ3) is 8.56. The Bertz CT molecular complexity index is 1570. The number of alkyl halides is 3. The van der Waals surface area contributed by atoms with Gasteiger partial charge in [0.2, 0.25) is 11.8 Å². The van der Waals surface area contributed by atoms with Crippen molar-refractivity contribution < 1.29 is 31.2 Å². The minimum Gasteiger partial charge on any atom is -0.352 e. The van der Waals surface area contributed by atoms with Crippen LogP contribution in [0.25, 0.3) is 0 Å². The number of hydrogen-bond donors (Lipinski definition) is 1. The Morgan fingerprint density at radius 2 is 1.58 bits per heavy atom. The molecule has 0 aliphatic heterocycles. The lowest BCUT2D eigenvalue weighted by Crippen LogP contribution is -2.53. The van der Waals surface area contributed by atoms with Crippen molar-refractivity contribution >= 4 is 62.3 Å². The maximum atomic E-state index is 14.0. The van der Waals surface area contributed by atoms with Crippen molar-refractivity contribution in [1.82, 2.24) is 10.2 Å². The Kier molecular flexibility index (Phi) is 11.4. The molecule has 0 aromatic heterocycles. The molecule has 0 bridgehead atoms. The molecule has 7 nitrogen and oxygen atoms in total. The van der Waals surface area contributed by atoms with Gasteiger partial charge in [-0.05, 0) is 68.3 Å². The standard InChI is InChI=1S/C29H29Cl3F3N3O4S/c1-4-26(28(40)36-18(2)3)37(16-19-10-11-20(30)14-25(19)32)27(39)17-38(43(41,42)22-8-6-5-7-9-22)21-12-13-24(31)23(15-21)29(33,34)35/h5-15,18,26H,4,16-17H2,1-3H3,(H,36,40)/t26-/m1/s1. The third-order valence-corrected chi connectivity index (χ3v) is 9.03. The van der Waals surface area contributed by atoms with E-state index in [-0.39, 0.29) is 28.9 Å². The average molecular weight is 679 g/mol. The Balaban J connectivity index is 2.16. The monoisotopic (exact) mass is 677 g/mol. The van der Waals surface area contributed by atoms with Gasteiger partial charge in [0.25, 0.3) is 10.0 Å². The third-order valence-electron chi connectivity index (χ3n) is 6.33. The van der Waals surface area contributed by atoms with Crippen molar-refractivity contribution in [2.24, 2.45) is 0 Å². The molecule has 1 N–H and O–H groups in total. The zero-order valence-corrected chi connectivity index (χ0v) is 26.4. The smallest absolute Gasteiger partial charge is 0.352 e. The van der Waals surface area contributed by atoms with Crippen LogP contribution < -0.4 is 9.62 Å². The first-order valence-corrected chi connectivity index (χ1v) is 15.6. The lowest BCUT2D eigenvalue weighted by Gasteiger charge is -2.34. The van der Waals surface area contributed by atoms with Crippen LogP contribution in [0.15, 0.2) is 71.6 Å². The fraction of sp³-hybridized carbons (Fsp3) is 0.310. The van der Waals surface area contributed by atoms with Crippen molar-refractivity contribution in [1.29, 1.82) is 0 Å². The highest BCUT2D eigenvalue weighted by Gasteiger charge is 2.37. The number of nitrogens with zero attached hydrogens (tertiary/aromatic N) is 2. The van der Waals surface area contributed by atoms with Crippen LogP contribution in [0.2, 0.25) is 15.1 Å². The highest BCUT2D eigenvalue weighted by atomic mass is 35.5. The van der Waals surface area contributed by atoms with Crippen LogP contribution in [-0.4, -0.2) is 43.8 Å². The van der Waals surface area contributed by atoms with Crippen LogP contribution in [0.3, 0.4) is 0 Å². The van der Waals surface area contributed by atoms with Gasteiger partial charge in [-0.3, -0.25) is 13.9 Å². The number of amides is 2. The quantitative estimate of drug-likeness (QED) is 0.233. The molecular weight excluding hydrogens is 650 g/mol. The van der Waals surface area contributed by atoms with Crippen LogP contribution in [0.1, 0.15) is 38.3 Å². The van der Waals surface area contributed by atoms with E-state index < -0.39 is 56.9 Å². The molecule has 0 radical (unpaired) electrons. The van der Waals surface area contributed by atoms with Gasteiger partial charge in [0.15, 0.2) is 0 Å². The van der Waals surface area contributed by atoms with Crippen LogP contribution >= 0.6 is 34.8 Å². The number of benzene rings is 3. The van der Waals surface area contributed by atoms with Crippen molar-refractivity contribution in [2.45, 2.75) is 56.9 Å². The molecule has 3 aromatic carbocycles. The van der Waals surface area contributed by atoms with Gasteiger partial charge in [0, 0.05) is 22.6 Å². The Hall–Kier alpha value is -2.99. The van der Waals surface area contributed by atoms with Crippen LogP contribution in [0.4, 0.5) is 18.9 Å². The molecule has 2 amide bonds. The number of rotatable bonds is 11.